The second-order valence-electron chi connectivity index (χ2n) is 3.32. The second kappa shape index (κ2) is 6.37. The van der Waals surface area contributed by atoms with Crippen molar-refractivity contribution in [2.75, 3.05) is 5.75 Å². The van der Waals surface area contributed by atoms with Crippen LogP contribution in [0.2, 0.25) is 0 Å². The van der Waals surface area contributed by atoms with Crippen LogP contribution < -0.4 is 10.7 Å². The van der Waals surface area contributed by atoms with Crippen LogP contribution in [-0.4, -0.2) is 15.3 Å². The average Bonchev–Trinajstić information content (AvgIpc) is 2.23. The minimum atomic E-state index is -0.468. The van der Waals surface area contributed by atoms with Gasteiger partial charge in [0.1, 0.15) is 0 Å². The molecule has 88 valence electrons. The lowest BCUT2D eigenvalue weighted by atomic mass is 10.4. The molecule has 0 aliphatic rings. The minimum Gasteiger partial charge on any atom is -0.858 e. The third kappa shape index (κ3) is 3.41. The number of hydrogen-bond acceptors (Lipinski definition) is 4. The first-order valence-electron chi connectivity index (χ1n) is 5.21. The molecule has 0 bridgehead atoms. The fraction of sp³-hybridized carbons (Fsp3) is 0.455. The van der Waals surface area contributed by atoms with Crippen molar-refractivity contribution in [3.05, 3.63) is 29.1 Å². The maximum absolute atomic E-state index is 11.5. The minimum absolute atomic E-state index is 0.307. The summed E-state index contributed by atoms with van der Waals surface area (Å²) in [6.45, 7) is 6.06. The zero-order valence-electron chi connectivity index (χ0n) is 9.31. The number of aromatic nitrogens is 2. The predicted octanol–water partition coefficient (Wildman–Crippen LogP) is 1.40. The topological polar surface area (TPSA) is 57.9 Å². The third-order valence-electron chi connectivity index (χ3n) is 1.99. The molecule has 0 atom stereocenters. The van der Waals surface area contributed by atoms with Crippen molar-refractivity contribution in [2.24, 2.45) is 0 Å². The zero-order valence-corrected chi connectivity index (χ0v) is 10.1. The first kappa shape index (κ1) is 12.8. The van der Waals surface area contributed by atoms with Gasteiger partial charge in [0.2, 0.25) is 0 Å². The van der Waals surface area contributed by atoms with Crippen LogP contribution in [0.25, 0.3) is 0 Å². The molecule has 0 fully saturated rings. The summed E-state index contributed by atoms with van der Waals surface area (Å²) < 4.78 is 1.47. The SMILES string of the molecule is C=CCn1c(SCCCC)nc([O-])cc1=O. The van der Waals surface area contributed by atoms with Gasteiger partial charge in [0, 0.05) is 18.4 Å². The van der Waals surface area contributed by atoms with Gasteiger partial charge in [-0.05, 0) is 12.3 Å². The highest BCUT2D eigenvalue weighted by molar-refractivity contribution is 7.99. The van der Waals surface area contributed by atoms with E-state index in [1.165, 1.54) is 16.3 Å². The van der Waals surface area contributed by atoms with Crippen molar-refractivity contribution in [3.8, 4) is 5.88 Å². The molecule has 0 aliphatic heterocycles. The third-order valence-corrected chi connectivity index (χ3v) is 3.05. The highest BCUT2D eigenvalue weighted by atomic mass is 32.2. The monoisotopic (exact) mass is 239 g/mol. The Morgan fingerprint density at radius 1 is 1.69 bits per heavy atom. The lowest BCUT2D eigenvalue weighted by molar-refractivity contribution is -0.276. The Morgan fingerprint density at radius 3 is 3.06 bits per heavy atom. The van der Waals surface area contributed by atoms with Gasteiger partial charge in [-0.15, -0.1) is 6.58 Å². The first-order chi connectivity index (χ1) is 7.69. The van der Waals surface area contributed by atoms with Crippen LogP contribution >= 0.6 is 11.8 Å². The van der Waals surface area contributed by atoms with E-state index in [9.17, 15) is 9.90 Å². The van der Waals surface area contributed by atoms with Crippen molar-refractivity contribution in [1.29, 1.82) is 0 Å². The number of allylic oxidation sites excluding steroid dienone is 1. The molecule has 0 saturated heterocycles. The van der Waals surface area contributed by atoms with Gasteiger partial charge in [-0.25, -0.2) is 4.98 Å². The molecule has 0 N–H and O–H groups in total. The summed E-state index contributed by atoms with van der Waals surface area (Å²) in [6, 6.07) is 1.01. The molecule has 16 heavy (non-hydrogen) atoms. The largest absolute Gasteiger partial charge is 0.858 e. The van der Waals surface area contributed by atoms with E-state index in [2.05, 4.69) is 18.5 Å². The molecule has 1 aromatic rings. The number of unbranched alkanes of at least 4 members (excludes halogenated alkanes) is 1. The molecule has 0 aromatic carbocycles. The number of nitrogens with zero attached hydrogens (tertiary/aromatic N) is 2. The van der Waals surface area contributed by atoms with Crippen LogP contribution in [0.4, 0.5) is 0 Å². The average molecular weight is 239 g/mol. The van der Waals surface area contributed by atoms with E-state index in [1.807, 2.05) is 0 Å². The van der Waals surface area contributed by atoms with E-state index in [0.717, 1.165) is 24.7 Å². The summed E-state index contributed by atoms with van der Waals surface area (Å²) in [5, 5.41) is 11.6. The van der Waals surface area contributed by atoms with Crippen LogP contribution in [0.5, 0.6) is 5.88 Å². The highest BCUT2D eigenvalue weighted by Crippen LogP contribution is 2.17. The van der Waals surface area contributed by atoms with Gasteiger partial charge in [-0.3, -0.25) is 9.36 Å². The maximum atomic E-state index is 11.5. The molecule has 0 saturated carbocycles. The molecule has 0 amide bonds. The number of rotatable bonds is 6. The normalized spacial score (nSPS) is 10.3. The second-order valence-corrected chi connectivity index (χ2v) is 4.38. The van der Waals surface area contributed by atoms with Crippen LogP contribution in [0.1, 0.15) is 19.8 Å². The van der Waals surface area contributed by atoms with Crippen LogP contribution in [-0.2, 0) is 6.54 Å². The molecule has 1 rings (SSSR count). The van der Waals surface area contributed by atoms with Crippen molar-refractivity contribution in [2.45, 2.75) is 31.5 Å². The smallest absolute Gasteiger partial charge is 0.253 e. The van der Waals surface area contributed by atoms with E-state index in [1.54, 1.807) is 6.08 Å². The molecule has 0 unspecified atom stereocenters. The molecule has 4 nitrogen and oxygen atoms in total. The van der Waals surface area contributed by atoms with Gasteiger partial charge in [0.05, 0.1) is 0 Å². The van der Waals surface area contributed by atoms with E-state index in [0.29, 0.717) is 11.7 Å². The van der Waals surface area contributed by atoms with E-state index in [-0.39, 0.29) is 5.56 Å². The van der Waals surface area contributed by atoms with Gasteiger partial charge in [0.15, 0.2) is 5.16 Å². The summed E-state index contributed by atoms with van der Waals surface area (Å²) in [5.41, 5.74) is -0.307. The molecule has 0 radical (unpaired) electrons. The van der Waals surface area contributed by atoms with Crippen molar-refractivity contribution < 1.29 is 5.11 Å². The Morgan fingerprint density at radius 2 is 2.44 bits per heavy atom. The van der Waals surface area contributed by atoms with Crippen LogP contribution in [0, 0.1) is 0 Å². The Kier molecular flexibility index (Phi) is 5.11. The fourth-order valence-electron chi connectivity index (χ4n) is 1.18. The predicted molar refractivity (Wildman–Crippen MR) is 63.8 cm³/mol. The summed E-state index contributed by atoms with van der Waals surface area (Å²) in [4.78, 5) is 15.4. The van der Waals surface area contributed by atoms with Crippen LogP contribution in [0.15, 0.2) is 28.7 Å². The zero-order chi connectivity index (χ0) is 12.0. The summed E-state index contributed by atoms with van der Waals surface area (Å²) in [5.74, 6) is 0.396. The Bertz CT molecular complexity index is 415. The maximum Gasteiger partial charge on any atom is 0.253 e. The van der Waals surface area contributed by atoms with Gasteiger partial charge in [-0.2, -0.15) is 0 Å². The quantitative estimate of drug-likeness (QED) is 0.326. The lowest BCUT2D eigenvalue weighted by Crippen LogP contribution is -2.22. The highest BCUT2D eigenvalue weighted by Gasteiger charge is 2.04. The van der Waals surface area contributed by atoms with Gasteiger partial charge >= 0.3 is 0 Å². The van der Waals surface area contributed by atoms with Gasteiger partial charge in [0.25, 0.3) is 5.56 Å². The molecule has 1 heterocycles. The van der Waals surface area contributed by atoms with E-state index >= 15 is 0 Å². The molecule has 5 heteroatoms. The van der Waals surface area contributed by atoms with Gasteiger partial charge < -0.3 is 5.11 Å². The molecule has 0 aliphatic carbocycles. The first-order valence-corrected chi connectivity index (χ1v) is 6.20. The standard InChI is InChI=1S/C11H16N2O2S/c1-3-5-7-16-11-12-9(14)8-10(15)13(11)6-4-2/h4,8,14H,2-3,5-7H2,1H3/p-1. The van der Waals surface area contributed by atoms with Gasteiger partial charge in [-0.1, -0.05) is 31.2 Å². The molecular formula is C11H15N2O2S-. The fourth-order valence-corrected chi connectivity index (χ4v) is 2.27. The molecule has 1 aromatic heterocycles. The van der Waals surface area contributed by atoms with Crippen molar-refractivity contribution >= 4 is 11.8 Å². The lowest BCUT2D eigenvalue weighted by Gasteiger charge is -2.12. The number of hydrogen-bond donors (Lipinski definition) is 0. The van der Waals surface area contributed by atoms with Crippen LogP contribution in [0.3, 0.4) is 0 Å². The molecule has 0 spiro atoms. The Labute approximate surface area is 99.0 Å². The van der Waals surface area contributed by atoms with E-state index in [4.69, 9.17) is 0 Å². The van der Waals surface area contributed by atoms with Crippen molar-refractivity contribution in [1.82, 2.24) is 9.55 Å². The Hall–Kier alpha value is -1.23. The number of thioether (sulfide) groups is 1. The summed E-state index contributed by atoms with van der Waals surface area (Å²) in [7, 11) is 0. The summed E-state index contributed by atoms with van der Waals surface area (Å²) >= 11 is 1.44. The van der Waals surface area contributed by atoms with E-state index < -0.39 is 5.88 Å². The van der Waals surface area contributed by atoms with Crippen molar-refractivity contribution in [3.63, 3.8) is 0 Å². The molecular weight excluding hydrogens is 224 g/mol. The Balaban J connectivity index is 2.94. The summed E-state index contributed by atoms with van der Waals surface area (Å²) in [6.07, 6.45) is 3.74.